The van der Waals surface area contributed by atoms with E-state index in [2.05, 4.69) is 51.6 Å². The van der Waals surface area contributed by atoms with Gasteiger partial charge in [-0.05, 0) is 93.9 Å². The Morgan fingerprint density at radius 2 is 1.97 bits per heavy atom. The SMILES string of the molecule is c1cc(-c2cnc3cc(CCC4CCNCC4)ccn23)nc([C@H]2CCCNC2)c1. The Hall–Kier alpha value is -2.24. The van der Waals surface area contributed by atoms with E-state index >= 15 is 0 Å². The van der Waals surface area contributed by atoms with E-state index < -0.39 is 0 Å². The lowest BCUT2D eigenvalue weighted by molar-refractivity contribution is 0.354. The van der Waals surface area contributed by atoms with Gasteiger partial charge in [0.15, 0.2) is 0 Å². The summed E-state index contributed by atoms with van der Waals surface area (Å²) in [6, 6.07) is 10.9. The van der Waals surface area contributed by atoms with Gasteiger partial charge in [0.1, 0.15) is 5.65 Å². The second-order valence-electron chi connectivity index (χ2n) is 8.63. The van der Waals surface area contributed by atoms with Gasteiger partial charge in [-0.2, -0.15) is 0 Å². The third-order valence-corrected chi connectivity index (χ3v) is 6.63. The van der Waals surface area contributed by atoms with Crippen LogP contribution in [0.25, 0.3) is 17.0 Å². The van der Waals surface area contributed by atoms with Crippen LogP contribution in [0.1, 0.15) is 49.3 Å². The third-order valence-electron chi connectivity index (χ3n) is 6.63. The summed E-state index contributed by atoms with van der Waals surface area (Å²) in [4.78, 5) is 9.70. The lowest BCUT2D eigenvalue weighted by atomic mass is 9.91. The van der Waals surface area contributed by atoms with E-state index in [1.807, 2.05) is 6.20 Å². The van der Waals surface area contributed by atoms with E-state index in [9.17, 15) is 0 Å². The zero-order chi connectivity index (χ0) is 19.5. The molecule has 2 aliphatic rings. The van der Waals surface area contributed by atoms with E-state index in [1.54, 1.807) is 0 Å². The van der Waals surface area contributed by atoms with Gasteiger partial charge >= 0.3 is 0 Å². The van der Waals surface area contributed by atoms with E-state index in [1.165, 1.54) is 56.5 Å². The number of nitrogens with zero attached hydrogens (tertiary/aromatic N) is 3. The number of pyridine rings is 2. The van der Waals surface area contributed by atoms with Crippen molar-refractivity contribution in [1.29, 1.82) is 0 Å². The van der Waals surface area contributed by atoms with Crippen LogP contribution in [-0.2, 0) is 6.42 Å². The standard InChI is InChI=1S/C24H31N5/c1-4-21(20-3-2-11-26-16-20)28-22(5-1)23-17-27-24-15-19(10-14-29(23)24)7-6-18-8-12-25-13-9-18/h1,4-5,10,14-15,17-18,20,25-26H,2-3,6-9,11-13,16H2/t20-/m0/s1. The van der Waals surface area contributed by atoms with E-state index in [0.717, 1.165) is 42.5 Å². The summed E-state index contributed by atoms with van der Waals surface area (Å²) in [6.07, 6.45) is 11.6. The molecular formula is C24H31N5. The lowest BCUT2D eigenvalue weighted by Gasteiger charge is -2.22. The molecule has 0 saturated carbocycles. The largest absolute Gasteiger partial charge is 0.317 e. The van der Waals surface area contributed by atoms with Crippen molar-refractivity contribution in [3.05, 3.63) is 54.0 Å². The Balaban J connectivity index is 1.34. The predicted molar refractivity (Wildman–Crippen MR) is 117 cm³/mol. The molecule has 2 saturated heterocycles. The molecule has 2 fully saturated rings. The van der Waals surface area contributed by atoms with Crippen molar-refractivity contribution < 1.29 is 0 Å². The first-order valence-electron chi connectivity index (χ1n) is 11.2. The smallest absolute Gasteiger partial charge is 0.137 e. The first kappa shape index (κ1) is 18.8. The number of hydrogen-bond acceptors (Lipinski definition) is 4. The van der Waals surface area contributed by atoms with Crippen molar-refractivity contribution in [2.75, 3.05) is 26.2 Å². The van der Waals surface area contributed by atoms with E-state index in [-0.39, 0.29) is 0 Å². The van der Waals surface area contributed by atoms with Crippen LogP contribution >= 0.6 is 0 Å². The van der Waals surface area contributed by atoms with Gasteiger partial charge < -0.3 is 10.6 Å². The minimum Gasteiger partial charge on any atom is -0.317 e. The van der Waals surface area contributed by atoms with Crippen LogP contribution in [0, 0.1) is 5.92 Å². The zero-order valence-electron chi connectivity index (χ0n) is 17.1. The molecule has 0 amide bonds. The molecule has 5 heterocycles. The van der Waals surface area contributed by atoms with Crippen molar-refractivity contribution >= 4 is 5.65 Å². The summed E-state index contributed by atoms with van der Waals surface area (Å²) < 4.78 is 2.18. The monoisotopic (exact) mass is 389 g/mol. The molecule has 0 spiro atoms. The van der Waals surface area contributed by atoms with Crippen molar-refractivity contribution in [2.24, 2.45) is 5.92 Å². The maximum absolute atomic E-state index is 5.00. The normalized spacial score (nSPS) is 20.9. The molecule has 1 atom stereocenters. The highest BCUT2D eigenvalue weighted by atomic mass is 15.0. The number of aromatic nitrogens is 3. The highest BCUT2D eigenvalue weighted by Crippen LogP contribution is 2.26. The summed E-state index contributed by atoms with van der Waals surface area (Å²) in [7, 11) is 0. The average Bonchev–Trinajstić information content (AvgIpc) is 3.22. The van der Waals surface area contributed by atoms with Crippen LogP contribution in [0.4, 0.5) is 0 Å². The number of fused-ring (bicyclic) bond motifs is 1. The molecule has 3 aromatic heterocycles. The molecule has 5 heteroatoms. The van der Waals surface area contributed by atoms with Crippen LogP contribution in [0.15, 0.2) is 42.7 Å². The highest BCUT2D eigenvalue weighted by Gasteiger charge is 2.18. The average molecular weight is 390 g/mol. The molecule has 5 rings (SSSR count). The molecule has 0 unspecified atom stereocenters. The Bertz CT molecular complexity index is 951. The minimum absolute atomic E-state index is 0.518. The third kappa shape index (κ3) is 4.21. The van der Waals surface area contributed by atoms with Crippen LogP contribution < -0.4 is 10.6 Å². The van der Waals surface area contributed by atoms with Crippen LogP contribution in [-0.4, -0.2) is 40.5 Å². The van der Waals surface area contributed by atoms with E-state index in [0.29, 0.717) is 5.92 Å². The fraction of sp³-hybridized carbons (Fsp3) is 0.500. The number of nitrogens with one attached hydrogen (secondary N) is 2. The minimum atomic E-state index is 0.518. The zero-order valence-corrected chi connectivity index (χ0v) is 17.1. The number of rotatable bonds is 5. The van der Waals surface area contributed by atoms with Crippen molar-refractivity contribution in [3.8, 4) is 11.4 Å². The first-order valence-corrected chi connectivity index (χ1v) is 11.2. The lowest BCUT2D eigenvalue weighted by Crippen LogP contribution is -2.28. The van der Waals surface area contributed by atoms with Gasteiger partial charge in [0.05, 0.1) is 17.6 Å². The molecule has 0 aromatic carbocycles. The summed E-state index contributed by atoms with van der Waals surface area (Å²) in [5.41, 5.74) is 5.71. The molecule has 2 aliphatic heterocycles. The van der Waals surface area contributed by atoms with Crippen molar-refractivity contribution in [2.45, 2.75) is 44.4 Å². The van der Waals surface area contributed by atoms with Gasteiger partial charge in [-0.25, -0.2) is 4.98 Å². The molecule has 152 valence electrons. The van der Waals surface area contributed by atoms with Crippen LogP contribution in [0.5, 0.6) is 0 Å². The Kier molecular flexibility index (Phi) is 5.59. The summed E-state index contributed by atoms with van der Waals surface area (Å²) >= 11 is 0. The second kappa shape index (κ2) is 8.64. The molecule has 2 N–H and O–H groups in total. The second-order valence-corrected chi connectivity index (χ2v) is 8.63. The van der Waals surface area contributed by atoms with Gasteiger partial charge in [0.2, 0.25) is 0 Å². The van der Waals surface area contributed by atoms with Crippen LogP contribution in [0.3, 0.4) is 0 Å². The fourth-order valence-corrected chi connectivity index (χ4v) is 4.83. The van der Waals surface area contributed by atoms with Crippen molar-refractivity contribution in [3.63, 3.8) is 0 Å². The van der Waals surface area contributed by atoms with Gasteiger partial charge in [0, 0.05) is 24.4 Å². The molecule has 3 aromatic rings. The summed E-state index contributed by atoms with van der Waals surface area (Å²) in [5, 5.41) is 6.96. The van der Waals surface area contributed by atoms with E-state index in [4.69, 9.17) is 9.97 Å². The predicted octanol–water partition coefficient (Wildman–Crippen LogP) is 3.80. The van der Waals surface area contributed by atoms with Gasteiger partial charge in [-0.15, -0.1) is 0 Å². The molecule has 5 nitrogen and oxygen atoms in total. The maximum atomic E-state index is 5.00. The Morgan fingerprint density at radius 3 is 2.83 bits per heavy atom. The molecule has 0 aliphatic carbocycles. The van der Waals surface area contributed by atoms with Gasteiger partial charge in [-0.3, -0.25) is 9.38 Å². The Labute approximate surface area is 173 Å². The number of hydrogen-bond donors (Lipinski definition) is 2. The molecule has 0 radical (unpaired) electrons. The maximum Gasteiger partial charge on any atom is 0.137 e. The summed E-state index contributed by atoms with van der Waals surface area (Å²) in [5.74, 6) is 1.38. The number of piperidine rings is 2. The molecular weight excluding hydrogens is 358 g/mol. The topological polar surface area (TPSA) is 54.2 Å². The van der Waals surface area contributed by atoms with Gasteiger partial charge in [-0.1, -0.05) is 6.07 Å². The van der Waals surface area contributed by atoms with Crippen LogP contribution in [0.2, 0.25) is 0 Å². The molecule has 0 bridgehead atoms. The van der Waals surface area contributed by atoms with Gasteiger partial charge in [0.25, 0.3) is 0 Å². The Morgan fingerprint density at radius 1 is 1.03 bits per heavy atom. The fourth-order valence-electron chi connectivity index (χ4n) is 4.83. The summed E-state index contributed by atoms with van der Waals surface area (Å²) in [6.45, 7) is 4.51. The number of imidazole rings is 1. The van der Waals surface area contributed by atoms with Crippen molar-refractivity contribution in [1.82, 2.24) is 25.0 Å². The quantitative estimate of drug-likeness (QED) is 0.697. The highest BCUT2D eigenvalue weighted by molar-refractivity contribution is 5.60. The molecule has 29 heavy (non-hydrogen) atoms. The first-order chi connectivity index (χ1) is 14.4. The number of aryl methyl sites for hydroxylation is 1.